The number of likely N-dealkylation sites (N-methyl/N-ethyl adjacent to an activating group) is 3. The highest BCUT2D eigenvalue weighted by atomic mass is 32.1. The van der Waals surface area contributed by atoms with Crippen LogP contribution in [0.2, 0.25) is 0 Å². The van der Waals surface area contributed by atoms with Crippen LogP contribution in [0.5, 0.6) is 34.5 Å². The number of ether oxygens (including phenoxy) is 6. The normalized spacial score (nSPS) is 31.5. The molecule has 6 bridgehead atoms. The van der Waals surface area contributed by atoms with Gasteiger partial charge in [-0.15, -0.1) is 0 Å². The van der Waals surface area contributed by atoms with E-state index in [0.29, 0.717) is 18.1 Å². The molecule has 0 amide bonds. The third-order valence-corrected chi connectivity index (χ3v) is 28.3. The number of nitrogens with two attached hydrogens (primary N) is 1. The highest BCUT2D eigenvalue weighted by Gasteiger charge is 2.74. The SMILES string of the molecule is COc1ccc2c3c1OC1c4c(c5cc(N)ccc5n4C)CC4(C)C(C2)N(C)CCC314.COc1ccc2c3c1OC1c4c(c5cc(N=C=S)ccc5n4C)CC4(C)C(C2)N(C)CCC314.COc1ccc2c3c1OC1c4c(c5cc([N+](=O)[O-])ccc5n4C)CC4(C)C(C2)N(C)CCC314. The van der Waals surface area contributed by atoms with Gasteiger partial charge in [0.25, 0.3) is 5.69 Å². The van der Waals surface area contributed by atoms with Crippen molar-refractivity contribution in [2.75, 3.05) is 67.8 Å². The first-order valence-electron chi connectivity index (χ1n) is 34.7. The summed E-state index contributed by atoms with van der Waals surface area (Å²) in [5, 5.41) is 17.6. The number of nitrogens with zero attached hydrogens (tertiary/aromatic N) is 8. The first kappa shape index (κ1) is 59.8. The number of piperidine rings is 3. The number of fused-ring (bicyclic) bond motifs is 12. The maximum Gasteiger partial charge on any atom is 0.270 e. The Bertz CT molecular complexity index is 4900. The molecule has 3 fully saturated rings. The molecule has 9 aromatic rings. The Kier molecular flexibility index (Phi) is 12.2. The highest BCUT2D eigenvalue weighted by Crippen LogP contribution is 2.76. The molecule has 18 heteroatoms. The number of aromatic nitrogens is 3. The third kappa shape index (κ3) is 6.92. The maximum atomic E-state index is 11.6. The van der Waals surface area contributed by atoms with Crippen LogP contribution in [0.15, 0.2) is 96.0 Å². The standard InChI is InChI=1S/C27H27N3O2S.C26H27N3O4.C26H29N3O2/c1-26-13-18-17-12-16(28-14-33)6-7-19(17)30(3)23(18)25-27(26)9-10-29(2)21(26)11-15-5-8-20(31-4)24(32-25)22(15)27;1-25-13-17-16-12-15(29(30)31)6-7-18(16)28(3)22(17)24-26(25)9-10-27(2)20(25)11-14-5-8-19(32-4)23(33-24)21(14)26;1-25-13-17-16-12-15(27)6-7-18(16)29(3)22(17)24-26(25)9-10-28(2)20(25)11-14-5-8-19(30-4)23(31-24)21(14)26/h5-8,12,21,25H,9-11,13H2,1-4H3;5-8,12,20,24H,9-11,13H2,1-4H3;5-8,12,20,24H,9-11,13,27H2,1-4H3. The minimum Gasteiger partial charge on any atom is -0.493 e. The molecule has 3 aromatic heterocycles. The van der Waals surface area contributed by atoms with Gasteiger partial charge in [0.15, 0.2) is 34.5 Å². The lowest BCUT2D eigenvalue weighted by Gasteiger charge is -2.64. The number of nitrogen functional groups attached to an aromatic ring is 1. The van der Waals surface area contributed by atoms with Crippen molar-refractivity contribution in [2.45, 2.75) is 131 Å². The molecule has 0 saturated carbocycles. The summed E-state index contributed by atoms with van der Waals surface area (Å²) >= 11 is 4.88. The van der Waals surface area contributed by atoms with Gasteiger partial charge in [0, 0.05) is 123 Å². The summed E-state index contributed by atoms with van der Waals surface area (Å²) in [4.78, 5) is 23.2. The molecule has 498 valence electrons. The van der Waals surface area contributed by atoms with Gasteiger partial charge in [-0.3, -0.25) is 10.1 Å². The van der Waals surface area contributed by atoms with Gasteiger partial charge in [-0.05, 0) is 205 Å². The number of hydrogen-bond donors (Lipinski definition) is 1. The third-order valence-electron chi connectivity index (χ3n) is 28.2. The number of aryl methyl sites for hydroxylation is 3. The fourth-order valence-electron chi connectivity index (χ4n) is 23.9. The van der Waals surface area contributed by atoms with Gasteiger partial charge in [-0.1, -0.05) is 39.0 Å². The number of thiocarbonyl (C=S) groups is 1. The largest absolute Gasteiger partial charge is 0.493 e. The molecule has 6 aromatic carbocycles. The van der Waals surface area contributed by atoms with Crippen LogP contribution in [-0.4, -0.2) is 119 Å². The second kappa shape index (κ2) is 19.7. The number of non-ortho nitro benzene ring substituents is 1. The lowest BCUT2D eigenvalue weighted by molar-refractivity contribution is -0.384. The van der Waals surface area contributed by atoms with Crippen molar-refractivity contribution in [1.29, 1.82) is 0 Å². The molecule has 6 aliphatic heterocycles. The van der Waals surface area contributed by atoms with Gasteiger partial charge in [0.05, 0.1) is 70.4 Å². The van der Waals surface area contributed by atoms with Crippen molar-refractivity contribution in [2.24, 2.45) is 42.4 Å². The monoisotopic (exact) mass is 1320 g/mol. The molecule has 97 heavy (non-hydrogen) atoms. The summed E-state index contributed by atoms with van der Waals surface area (Å²) in [7, 11) is 18.5. The second-order valence-corrected chi connectivity index (χ2v) is 31.5. The molecular formula is C79H83N9O8S. The fourth-order valence-corrected chi connectivity index (χ4v) is 24.0. The zero-order valence-corrected chi connectivity index (χ0v) is 58.3. The summed E-state index contributed by atoms with van der Waals surface area (Å²) in [5.41, 5.74) is 27.7. The summed E-state index contributed by atoms with van der Waals surface area (Å²) in [6, 6.07) is 32.3. The summed E-state index contributed by atoms with van der Waals surface area (Å²) < 4.78 is 45.2. The number of hydrogen-bond acceptors (Lipinski definition) is 14. The van der Waals surface area contributed by atoms with Crippen LogP contribution in [0.1, 0.15) is 125 Å². The summed E-state index contributed by atoms with van der Waals surface area (Å²) in [5.74, 6) is 5.38. The molecule has 12 unspecified atom stereocenters. The van der Waals surface area contributed by atoms with Crippen molar-refractivity contribution < 1.29 is 33.3 Å². The average molecular weight is 1320 g/mol. The van der Waals surface area contributed by atoms with Gasteiger partial charge in [0.2, 0.25) is 0 Å². The van der Waals surface area contributed by atoms with E-state index in [-0.39, 0.29) is 61.4 Å². The van der Waals surface area contributed by atoms with Gasteiger partial charge < -0.3 is 62.6 Å². The van der Waals surface area contributed by atoms with Crippen LogP contribution in [0.4, 0.5) is 17.1 Å². The van der Waals surface area contributed by atoms with Crippen molar-refractivity contribution in [1.82, 2.24) is 28.4 Å². The van der Waals surface area contributed by atoms with Crippen LogP contribution in [-0.2, 0) is 75.9 Å². The molecule has 12 aliphatic rings. The molecule has 6 aliphatic carbocycles. The number of methoxy groups -OCH3 is 3. The first-order chi connectivity index (χ1) is 46.7. The maximum absolute atomic E-state index is 11.6. The summed E-state index contributed by atoms with van der Waals surface area (Å²) in [6.45, 7) is 10.7. The molecule has 2 N–H and O–H groups in total. The topological polar surface area (TPSA) is 161 Å². The van der Waals surface area contributed by atoms with Crippen LogP contribution in [0.25, 0.3) is 32.7 Å². The lowest BCUT2D eigenvalue weighted by atomic mass is 9.44. The number of isothiocyanates is 1. The van der Waals surface area contributed by atoms with Crippen LogP contribution < -0.4 is 34.2 Å². The van der Waals surface area contributed by atoms with Crippen LogP contribution in [0.3, 0.4) is 0 Å². The number of nitro benzene ring substituents is 1. The average Bonchev–Trinajstić information content (AvgIpc) is 1.55. The van der Waals surface area contributed by atoms with Crippen molar-refractivity contribution in [3.8, 4) is 34.5 Å². The quantitative estimate of drug-likeness (QED) is 0.0570. The van der Waals surface area contributed by atoms with Gasteiger partial charge in [0.1, 0.15) is 18.3 Å². The molecule has 0 radical (unpaired) electrons. The fraction of sp³-hybridized carbons (Fsp3) is 0.456. The number of anilines is 1. The van der Waals surface area contributed by atoms with E-state index in [4.69, 9.17) is 46.4 Å². The molecule has 3 spiro atoms. The molecule has 3 saturated heterocycles. The molecule has 9 heterocycles. The van der Waals surface area contributed by atoms with Crippen molar-refractivity contribution in [3.05, 3.63) is 168 Å². The van der Waals surface area contributed by atoms with Gasteiger partial charge >= 0.3 is 0 Å². The van der Waals surface area contributed by atoms with E-state index in [2.05, 4.69) is 156 Å². The van der Waals surface area contributed by atoms with Crippen molar-refractivity contribution >= 4 is 67.2 Å². The number of nitro groups is 1. The number of likely N-dealkylation sites (tertiary alicyclic amines) is 3. The van der Waals surface area contributed by atoms with Crippen molar-refractivity contribution in [3.63, 3.8) is 0 Å². The van der Waals surface area contributed by atoms with E-state index >= 15 is 0 Å². The Labute approximate surface area is 570 Å². The smallest absolute Gasteiger partial charge is 0.270 e. The number of aliphatic imine (C=N–C) groups is 1. The predicted molar refractivity (Wildman–Crippen MR) is 378 cm³/mol. The van der Waals surface area contributed by atoms with Crippen LogP contribution in [0, 0.1) is 26.4 Å². The first-order valence-corrected chi connectivity index (χ1v) is 35.1. The van der Waals surface area contributed by atoms with E-state index in [0.717, 1.165) is 140 Å². The molecule has 12 atom stereocenters. The second-order valence-electron chi connectivity index (χ2n) is 31.3. The van der Waals surface area contributed by atoms with Crippen LogP contribution >= 0.6 is 12.2 Å². The molecular weight excluding hydrogens is 1230 g/mol. The Morgan fingerprint density at radius 1 is 0.526 bits per heavy atom. The zero-order chi connectivity index (χ0) is 66.8. The highest BCUT2D eigenvalue weighted by molar-refractivity contribution is 7.78. The minimum atomic E-state index is -0.299. The van der Waals surface area contributed by atoms with E-state index in [1.165, 1.54) is 83.3 Å². The van der Waals surface area contributed by atoms with E-state index in [1.807, 2.05) is 24.3 Å². The van der Waals surface area contributed by atoms with E-state index in [1.54, 1.807) is 33.5 Å². The van der Waals surface area contributed by atoms with E-state index in [9.17, 15) is 10.1 Å². The zero-order valence-electron chi connectivity index (χ0n) is 57.4. The molecule has 17 nitrogen and oxygen atoms in total. The van der Waals surface area contributed by atoms with E-state index < -0.39 is 0 Å². The Morgan fingerprint density at radius 2 is 0.887 bits per heavy atom. The molecule has 21 rings (SSSR count). The van der Waals surface area contributed by atoms with Gasteiger partial charge in [-0.2, -0.15) is 4.99 Å². The van der Waals surface area contributed by atoms with Gasteiger partial charge in [-0.25, -0.2) is 0 Å². The Hall–Kier alpha value is -8.38. The predicted octanol–water partition coefficient (Wildman–Crippen LogP) is 13.4. The Morgan fingerprint density at radius 3 is 1.26 bits per heavy atom. The minimum absolute atomic E-state index is 0.00132. The number of rotatable bonds is 5. The lowest BCUT2D eigenvalue weighted by Crippen LogP contribution is -2.68. The number of benzene rings is 6. The Balaban J connectivity index is 0.000000102. The summed E-state index contributed by atoms with van der Waals surface area (Å²) in [6.07, 6.45) is 9.13.